The number of unbranched alkanes of at least 4 members (excludes halogenated alkanes) is 7. The van der Waals surface area contributed by atoms with E-state index in [9.17, 15) is 0 Å². The van der Waals surface area contributed by atoms with Crippen LogP contribution in [0.3, 0.4) is 0 Å². The van der Waals surface area contributed by atoms with Gasteiger partial charge in [-0.15, -0.1) is 0 Å². The Kier molecular flexibility index (Phi) is 11.3. The molecule has 0 spiro atoms. The highest BCUT2D eigenvalue weighted by atomic mass is 127. The van der Waals surface area contributed by atoms with Crippen molar-refractivity contribution in [2.75, 3.05) is 0 Å². The molecule has 0 aliphatic rings. The van der Waals surface area contributed by atoms with Crippen LogP contribution in [-0.4, -0.2) is 4.05 Å². The van der Waals surface area contributed by atoms with Crippen LogP contribution >= 0.6 is 22.6 Å². The average Bonchev–Trinajstić information content (AvgIpc) is 2.09. The van der Waals surface area contributed by atoms with Crippen molar-refractivity contribution in [1.82, 2.24) is 0 Å². The fraction of sp³-hybridized carbons (Fsp3) is 1.00. The number of rotatable bonds is 9. The van der Waals surface area contributed by atoms with E-state index in [2.05, 4.69) is 29.5 Å². The Labute approximate surface area is 97.0 Å². The van der Waals surface area contributed by atoms with Gasteiger partial charge in [0.2, 0.25) is 0 Å². The second-order valence-electron chi connectivity index (χ2n) is 3.78. The molecule has 0 aliphatic heterocycles. The van der Waals surface area contributed by atoms with Crippen LogP contribution in [0.5, 0.6) is 0 Å². The van der Waals surface area contributed by atoms with Crippen molar-refractivity contribution < 1.29 is 0 Å². The predicted molar refractivity (Wildman–Crippen MR) is 69.2 cm³/mol. The Balaban J connectivity index is 2.84. The molecule has 0 aromatic carbocycles. The summed E-state index contributed by atoms with van der Waals surface area (Å²) in [5.41, 5.74) is 5.66. The molecule has 1 unspecified atom stereocenters. The molecule has 13 heavy (non-hydrogen) atoms. The van der Waals surface area contributed by atoms with Gasteiger partial charge >= 0.3 is 0 Å². The van der Waals surface area contributed by atoms with Crippen LogP contribution in [-0.2, 0) is 0 Å². The van der Waals surface area contributed by atoms with Crippen molar-refractivity contribution in [3.63, 3.8) is 0 Å². The van der Waals surface area contributed by atoms with Crippen LogP contribution in [0.25, 0.3) is 0 Å². The molecule has 1 atom stereocenters. The standard InChI is InChI=1S/C11H24IN/c1-2-3-4-5-6-7-8-9-10-11(12)13/h11H,2-10,13H2,1H3. The molecule has 0 bridgehead atoms. The maximum absolute atomic E-state index is 5.66. The molecule has 1 nitrogen and oxygen atoms in total. The maximum Gasteiger partial charge on any atom is 0.0568 e. The Bertz CT molecular complexity index is 94.1. The van der Waals surface area contributed by atoms with Crippen molar-refractivity contribution in [3.8, 4) is 0 Å². The van der Waals surface area contributed by atoms with E-state index < -0.39 is 0 Å². The lowest BCUT2D eigenvalue weighted by atomic mass is 10.1. The fourth-order valence-corrected chi connectivity index (χ4v) is 1.91. The third kappa shape index (κ3) is 12.7. The summed E-state index contributed by atoms with van der Waals surface area (Å²) in [5.74, 6) is 0. The Morgan fingerprint density at radius 3 is 1.85 bits per heavy atom. The molecule has 0 amide bonds. The summed E-state index contributed by atoms with van der Waals surface area (Å²) >= 11 is 2.30. The van der Waals surface area contributed by atoms with E-state index in [1.807, 2.05) is 0 Å². The third-order valence-electron chi connectivity index (χ3n) is 2.33. The highest BCUT2D eigenvalue weighted by molar-refractivity contribution is 14.1. The van der Waals surface area contributed by atoms with E-state index in [1.165, 1.54) is 57.8 Å². The molecule has 2 N–H and O–H groups in total. The molecule has 0 fully saturated rings. The largest absolute Gasteiger partial charge is 0.320 e. The molecule has 0 rings (SSSR count). The van der Waals surface area contributed by atoms with Crippen molar-refractivity contribution in [1.29, 1.82) is 0 Å². The average molecular weight is 297 g/mol. The number of nitrogens with two attached hydrogens (primary N) is 1. The summed E-state index contributed by atoms with van der Waals surface area (Å²) in [7, 11) is 0. The van der Waals surface area contributed by atoms with E-state index in [0.717, 1.165) is 0 Å². The van der Waals surface area contributed by atoms with Crippen LogP contribution in [0, 0.1) is 0 Å². The van der Waals surface area contributed by atoms with E-state index in [4.69, 9.17) is 5.73 Å². The van der Waals surface area contributed by atoms with Crippen LogP contribution in [0.1, 0.15) is 64.7 Å². The van der Waals surface area contributed by atoms with Crippen LogP contribution in [0.2, 0.25) is 0 Å². The summed E-state index contributed by atoms with van der Waals surface area (Å²) in [6, 6.07) is 0. The first-order valence-electron chi connectivity index (χ1n) is 5.67. The molecular formula is C11H24IN. The highest BCUT2D eigenvalue weighted by Crippen LogP contribution is 2.11. The molecule has 0 saturated heterocycles. The van der Waals surface area contributed by atoms with Gasteiger partial charge in [0.25, 0.3) is 0 Å². The molecule has 80 valence electrons. The van der Waals surface area contributed by atoms with Gasteiger partial charge in [0.1, 0.15) is 0 Å². The molecule has 0 heterocycles. The quantitative estimate of drug-likeness (QED) is 0.293. The summed E-state index contributed by atoms with van der Waals surface area (Å²) in [4.78, 5) is 0. The lowest BCUT2D eigenvalue weighted by Crippen LogP contribution is -2.09. The first-order chi connectivity index (χ1) is 6.27. The van der Waals surface area contributed by atoms with Gasteiger partial charge in [-0.3, -0.25) is 0 Å². The Hall–Kier alpha value is 0.690. The van der Waals surface area contributed by atoms with Gasteiger partial charge in [-0.1, -0.05) is 80.9 Å². The monoisotopic (exact) mass is 297 g/mol. The second-order valence-corrected chi connectivity index (χ2v) is 5.38. The van der Waals surface area contributed by atoms with Gasteiger partial charge in [0.05, 0.1) is 4.05 Å². The van der Waals surface area contributed by atoms with Gasteiger partial charge in [-0.05, 0) is 6.42 Å². The van der Waals surface area contributed by atoms with Crippen molar-refractivity contribution in [2.45, 2.75) is 68.8 Å². The van der Waals surface area contributed by atoms with Crippen molar-refractivity contribution in [2.24, 2.45) is 5.73 Å². The lowest BCUT2D eigenvalue weighted by Gasteiger charge is -2.03. The number of hydrogen-bond acceptors (Lipinski definition) is 1. The second kappa shape index (κ2) is 10.8. The predicted octanol–water partition coefficient (Wildman–Crippen LogP) is 4.24. The van der Waals surface area contributed by atoms with Gasteiger partial charge in [-0.25, -0.2) is 0 Å². The smallest absolute Gasteiger partial charge is 0.0568 e. The van der Waals surface area contributed by atoms with Crippen LogP contribution in [0.4, 0.5) is 0 Å². The van der Waals surface area contributed by atoms with E-state index in [-0.39, 0.29) is 0 Å². The summed E-state index contributed by atoms with van der Waals surface area (Å²) in [6.07, 6.45) is 12.4. The zero-order chi connectivity index (χ0) is 9.94. The van der Waals surface area contributed by atoms with Gasteiger partial charge in [0.15, 0.2) is 0 Å². The minimum absolute atomic E-state index is 0.373. The summed E-state index contributed by atoms with van der Waals surface area (Å²) in [5, 5.41) is 0. The van der Waals surface area contributed by atoms with Crippen molar-refractivity contribution in [3.05, 3.63) is 0 Å². The van der Waals surface area contributed by atoms with Gasteiger partial charge < -0.3 is 5.73 Å². The normalized spacial score (nSPS) is 13.2. The highest BCUT2D eigenvalue weighted by Gasteiger charge is 1.95. The topological polar surface area (TPSA) is 26.0 Å². The van der Waals surface area contributed by atoms with E-state index in [0.29, 0.717) is 4.05 Å². The lowest BCUT2D eigenvalue weighted by molar-refractivity contribution is 0.564. The van der Waals surface area contributed by atoms with Gasteiger partial charge in [0, 0.05) is 0 Å². The molecule has 0 aromatic rings. The Morgan fingerprint density at radius 2 is 1.38 bits per heavy atom. The molecule has 0 radical (unpaired) electrons. The molecule has 0 aromatic heterocycles. The van der Waals surface area contributed by atoms with Crippen LogP contribution in [0.15, 0.2) is 0 Å². The molecule has 2 heteroatoms. The molecule has 0 aliphatic carbocycles. The zero-order valence-electron chi connectivity index (χ0n) is 8.90. The van der Waals surface area contributed by atoms with E-state index >= 15 is 0 Å². The minimum Gasteiger partial charge on any atom is -0.320 e. The zero-order valence-corrected chi connectivity index (χ0v) is 11.1. The van der Waals surface area contributed by atoms with Crippen molar-refractivity contribution >= 4 is 22.6 Å². The maximum atomic E-state index is 5.66. The number of halogens is 1. The third-order valence-corrected chi connectivity index (χ3v) is 2.96. The number of hydrogen-bond donors (Lipinski definition) is 1. The van der Waals surface area contributed by atoms with Crippen LogP contribution < -0.4 is 5.73 Å². The van der Waals surface area contributed by atoms with Gasteiger partial charge in [-0.2, -0.15) is 0 Å². The Morgan fingerprint density at radius 1 is 0.923 bits per heavy atom. The number of alkyl halides is 1. The first kappa shape index (κ1) is 13.7. The minimum atomic E-state index is 0.373. The SMILES string of the molecule is CCCCCCCCCCC(N)I. The summed E-state index contributed by atoms with van der Waals surface area (Å²) < 4.78 is 0.373. The fourth-order valence-electron chi connectivity index (χ4n) is 1.47. The summed E-state index contributed by atoms with van der Waals surface area (Å²) in [6.45, 7) is 2.27. The first-order valence-corrected chi connectivity index (χ1v) is 6.91. The van der Waals surface area contributed by atoms with E-state index in [1.54, 1.807) is 0 Å². The molecular weight excluding hydrogens is 273 g/mol. The molecule has 0 saturated carbocycles.